The van der Waals surface area contributed by atoms with Crippen molar-refractivity contribution < 1.29 is 9.53 Å². The Hall–Kier alpha value is -2.58. The Balaban J connectivity index is 1.69. The van der Waals surface area contributed by atoms with E-state index in [-0.39, 0.29) is 5.78 Å². The van der Waals surface area contributed by atoms with Crippen LogP contribution in [0.5, 0.6) is 5.75 Å². The van der Waals surface area contributed by atoms with Crippen LogP contribution in [-0.4, -0.2) is 37.3 Å². The molecule has 1 unspecified atom stereocenters. The molecule has 2 aliphatic rings. The maximum absolute atomic E-state index is 12.8. The highest BCUT2D eigenvalue weighted by molar-refractivity contribution is 6.05. The molecule has 122 valence electrons. The average Bonchev–Trinajstić information content (AvgIpc) is 2.61. The molecule has 4 nitrogen and oxygen atoms in total. The standard InChI is InChI=1S/C20H17BN2O2/c21-23-8-2-7-20(13-23)11-18(24)17-10-16(5-6-19(17)25-20)15-4-1-3-14(9-15)12-22/h1,3-6,9-10H,2,7-8,11,13H2. The predicted molar refractivity (Wildman–Crippen MR) is 95.5 cm³/mol. The molecule has 2 aliphatic heterocycles. The highest BCUT2D eigenvalue weighted by Crippen LogP contribution is 2.39. The van der Waals surface area contributed by atoms with Crippen molar-refractivity contribution >= 4 is 13.8 Å². The van der Waals surface area contributed by atoms with Crippen LogP contribution in [0.4, 0.5) is 0 Å². The maximum atomic E-state index is 12.8. The molecule has 4 rings (SSSR count). The number of nitrogens with zero attached hydrogens (tertiary/aromatic N) is 2. The molecule has 0 amide bonds. The molecule has 2 aromatic carbocycles. The Labute approximate surface area is 148 Å². The lowest BCUT2D eigenvalue weighted by Crippen LogP contribution is -2.53. The Kier molecular flexibility index (Phi) is 3.86. The molecule has 0 bridgehead atoms. The van der Waals surface area contributed by atoms with Crippen LogP contribution in [0.2, 0.25) is 0 Å². The summed E-state index contributed by atoms with van der Waals surface area (Å²) in [5.41, 5.74) is 2.54. The number of ether oxygens (including phenoxy) is 1. The van der Waals surface area contributed by atoms with E-state index >= 15 is 0 Å². The molecule has 25 heavy (non-hydrogen) atoms. The van der Waals surface area contributed by atoms with Crippen molar-refractivity contribution in [3.8, 4) is 22.9 Å². The van der Waals surface area contributed by atoms with E-state index in [0.717, 1.165) is 30.5 Å². The van der Waals surface area contributed by atoms with E-state index in [4.69, 9.17) is 18.0 Å². The molecular weight excluding hydrogens is 311 g/mol. The topological polar surface area (TPSA) is 53.3 Å². The van der Waals surface area contributed by atoms with Gasteiger partial charge in [-0.2, -0.15) is 5.26 Å². The molecule has 1 atom stereocenters. The molecule has 0 N–H and O–H groups in total. The molecule has 2 radical (unpaired) electrons. The van der Waals surface area contributed by atoms with Crippen LogP contribution in [0.3, 0.4) is 0 Å². The molecule has 5 heteroatoms. The summed E-state index contributed by atoms with van der Waals surface area (Å²) in [4.78, 5) is 14.5. The van der Waals surface area contributed by atoms with Gasteiger partial charge in [0.1, 0.15) is 11.4 Å². The van der Waals surface area contributed by atoms with Gasteiger partial charge < -0.3 is 9.55 Å². The van der Waals surface area contributed by atoms with Gasteiger partial charge in [-0.05, 0) is 54.8 Å². The first-order valence-corrected chi connectivity index (χ1v) is 8.45. The van der Waals surface area contributed by atoms with Crippen molar-refractivity contribution in [2.24, 2.45) is 0 Å². The number of piperidine rings is 1. The monoisotopic (exact) mass is 328 g/mol. The van der Waals surface area contributed by atoms with Crippen LogP contribution in [0.25, 0.3) is 11.1 Å². The lowest BCUT2D eigenvalue weighted by atomic mass is 9.82. The molecule has 1 spiro atoms. The first-order valence-electron chi connectivity index (χ1n) is 8.45. The van der Waals surface area contributed by atoms with Gasteiger partial charge in [-0.1, -0.05) is 18.2 Å². The summed E-state index contributed by atoms with van der Waals surface area (Å²) in [6.07, 6.45) is 2.13. The molecule has 0 aromatic heterocycles. The number of benzene rings is 2. The average molecular weight is 328 g/mol. The number of rotatable bonds is 1. The second kappa shape index (κ2) is 6.05. The first-order chi connectivity index (χ1) is 12.1. The summed E-state index contributed by atoms with van der Waals surface area (Å²) in [7, 11) is 5.95. The third-order valence-corrected chi connectivity index (χ3v) is 4.98. The largest absolute Gasteiger partial charge is 0.485 e. The number of carbonyl (C=O) groups excluding carboxylic acids is 1. The van der Waals surface area contributed by atoms with Crippen molar-refractivity contribution in [1.82, 2.24) is 4.81 Å². The van der Waals surface area contributed by atoms with Crippen molar-refractivity contribution in [2.45, 2.75) is 24.9 Å². The molecule has 0 saturated carbocycles. The Morgan fingerprint density at radius 2 is 2.04 bits per heavy atom. The highest BCUT2D eigenvalue weighted by Gasteiger charge is 2.42. The molecule has 1 fully saturated rings. The summed E-state index contributed by atoms with van der Waals surface area (Å²) < 4.78 is 6.24. The van der Waals surface area contributed by atoms with Gasteiger partial charge in [-0.25, -0.2) is 0 Å². The van der Waals surface area contributed by atoms with E-state index < -0.39 is 5.60 Å². The van der Waals surface area contributed by atoms with E-state index in [1.54, 1.807) is 10.9 Å². The van der Waals surface area contributed by atoms with E-state index in [9.17, 15) is 4.79 Å². The molecule has 1 saturated heterocycles. The predicted octanol–water partition coefficient (Wildman–Crippen LogP) is 3.11. The van der Waals surface area contributed by atoms with Crippen molar-refractivity contribution in [1.29, 1.82) is 5.26 Å². The molecule has 2 aromatic rings. The molecule has 2 heterocycles. The Morgan fingerprint density at radius 1 is 1.20 bits per heavy atom. The van der Waals surface area contributed by atoms with Gasteiger partial charge in [0.25, 0.3) is 0 Å². The summed E-state index contributed by atoms with van der Waals surface area (Å²) in [6, 6.07) is 15.2. The van der Waals surface area contributed by atoms with Crippen LogP contribution < -0.4 is 4.74 Å². The third-order valence-electron chi connectivity index (χ3n) is 4.98. The van der Waals surface area contributed by atoms with Crippen LogP contribution >= 0.6 is 0 Å². The number of hydrogen-bond donors (Lipinski definition) is 0. The van der Waals surface area contributed by atoms with Crippen LogP contribution in [0, 0.1) is 11.3 Å². The van der Waals surface area contributed by atoms with Crippen LogP contribution in [0.15, 0.2) is 42.5 Å². The van der Waals surface area contributed by atoms with Crippen molar-refractivity contribution in [3.63, 3.8) is 0 Å². The second-order valence-electron chi connectivity index (χ2n) is 6.86. The number of hydrogen-bond acceptors (Lipinski definition) is 4. The molecular formula is C20H17BN2O2. The lowest BCUT2D eigenvalue weighted by molar-refractivity contribution is 0.00366. The summed E-state index contributed by atoms with van der Waals surface area (Å²) in [5, 5.41) is 9.07. The maximum Gasteiger partial charge on any atom is 0.182 e. The summed E-state index contributed by atoms with van der Waals surface area (Å²) >= 11 is 0. The summed E-state index contributed by atoms with van der Waals surface area (Å²) in [5.74, 6) is 0.724. The zero-order chi connectivity index (χ0) is 17.4. The fourth-order valence-corrected chi connectivity index (χ4v) is 3.80. The minimum atomic E-state index is -0.501. The number of fused-ring (bicyclic) bond motifs is 1. The zero-order valence-electron chi connectivity index (χ0n) is 13.9. The van der Waals surface area contributed by atoms with Gasteiger partial charge in [-0.3, -0.25) is 4.79 Å². The highest BCUT2D eigenvalue weighted by atomic mass is 16.5. The number of ketones is 1. The van der Waals surface area contributed by atoms with Gasteiger partial charge in [0.15, 0.2) is 13.8 Å². The van der Waals surface area contributed by atoms with Gasteiger partial charge in [-0.15, -0.1) is 0 Å². The normalized spacial score (nSPS) is 22.9. The Morgan fingerprint density at radius 3 is 2.84 bits per heavy atom. The second-order valence-corrected chi connectivity index (χ2v) is 6.86. The quantitative estimate of drug-likeness (QED) is 0.755. The fraction of sp³-hybridized carbons (Fsp3) is 0.300. The van der Waals surface area contributed by atoms with Crippen LogP contribution in [0.1, 0.15) is 35.2 Å². The van der Waals surface area contributed by atoms with Gasteiger partial charge in [0.2, 0.25) is 0 Å². The Bertz CT molecular complexity index is 890. The third kappa shape index (κ3) is 2.94. The smallest absolute Gasteiger partial charge is 0.182 e. The lowest BCUT2D eigenvalue weighted by Gasteiger charge is -2.44. The van der Waals surface area contributed by atoms with E-state index in [0.29, 0.717) is 29.8 Å². The van der Waals surface area contributed by atoms with E-state index in [1.165, 1.54) is 0 Å². The van der Waals surface area contributed by atoms with Crippen molar-refractivity contribution in [2.75, 3.05) is 13.1 Å². The first kappa shape index (κ1) is 15.9. The number of carbonyl (C=O) groups is 1. The van der Waals surface area contributed by atoms with E-state index in [1.807, 2.05) is 36.4 Å². The van der Waals surface area contributed by atoms with Gasteiger partial charge in [0.05, 0.1) is 23.6 Å². The number of Topliss-reactive ketones (excluding diaryl/α,β-unsaturated/α-hetero) is 1. The minimum Gasteiger partial charge on any atom is -0.485 e. The zero-order valence-corrected chi connectivity index (χ0v) is 13.9. The minimum absolute atomic E-state index is 0.0924. The van der Waals surface area contributed by atoms with Gasteiger partial charge >= 0.3 is 0 Å². The SMILES string of the molecule is [B]N1CCCC2(CC(=O)c3cc(-c4cccc(C#N)c4)ccc3O2)C1. The number of nitriles is 1. The molecule has 0 aliphatic carbocycles. The van der Waals surface area contributed by atoms with E-state index in [2.05, 4.69) is 6.07 Å². The van der Waals surface area contributed by atoms with Crippen molar-refractivity contribution in [3.05, 3.63) is 53.6 Å². The fourth-order valence-electron chi connectivity index (χ4n) is 3.80. The summed E-state index contributed by atoms with van der Waals surface area (Å²) in [6.45, 7) is 1.41. The van der Waals surface area contributed by atoms with Crippen LogP contribution in [-0.2, 0) is 0 Å². The van der Waals surface area contributed by atoms with Gasteiger partial charge in [0, 0.05) is 6.54 Å².